The number of nitro groups is 1. The molecular weight excluding hydrogens is 258 g/mol. The van der Waals surface area contributed by atoms with Crippen LogP contribution in [0.5, 0.6) is 0 Å². The molecule has 7 heteroatoms. The van der Waals surface area contributed by atoms with Crippen LogP contribution in [0.4, 0.5) is 14.5 Å². The molecule has 102 valence electrons. The van der Waals surface area contributed by atoms with Crippen molar-refractivity contribution in [2.75, 3.05) is 6.54 Å². The van der Waals surface area contributed by atoms with Gasteiger partial charge in [0.15, 0.2) is 0 Å². The van der Waals surface area contributed by atoms with Crippen LogP contribution in [0.25, 0.3) is 0 Å². The van der Waals surface area contributed by atoms with E-state index in [2.05, 4.69) is 5.32 Å². The number of nitrogens with zero attached hydrogens (tertiary/aromatic N) is 1. The minimum absolute atomic E-state index is 0.370. The lowest BCUT2D eigenvalue weighted by Crippen LogP contribution is -2.27. The third-order valence-corrected chi connectivity index (χ3v) is 3.28. The number of halogens is 2. The SMILES string of the molecule is CC1CC1CNC(=O)c1cc(F)c([N+](=O)[O-])cc1F. The van der Waals surface area contributed by atoms with E-state index in [0.29, 0.717) is 30.5 Å². The smallest absolute Gasteiger partial charge is 0.307 e. The van der Waals surface area contributed by atoms with E-state index in [-0.39, 0.29) is 0 Å². The predicted octanol–water partition coefficient (Wildman–Crippen LogP) is 2.26. The first-order valence-corrected chi connectivity index (χ1v) is 5.81. The predicted molar refractivity (Wildman–Crippen MR) is 62.6 cm³/mol. The van der Waals surface area contributed by atoms with Crippen LogP contribution < -0.4 is 5.32 Å². The van der Waals surface area contributed by atoms with Crippen LogP contribution in [0, 0.1) is 33.6 Å². The fraction of sp³-hybridized carbons (Fsp3) is 0.417. The highest BCUT2D eigenvalue weighted by Crippen LogP contribution is 2.36. The van der Waals surface area contributed by atoms with Crippen molar-refractivity contribution in [3.8, 4) is 0 Å². The first-order valence-electron chi connectivity index (χ1n) is 5.81. The van der Waals surface area contributed by atoms with Gasteiger partial charge in [-0.05, 0) is 24.3 Å². The Morgan fingerprint density at radius 3 is 2.63 bits per heavy atom. The molecule has 1 aliphatic carbocycles. The normalized spacial score (nSPS) is 21.0. The van der Waals surface area contributed by atoms with Gasteiger partial charge in [0.2, 0.25) is 5.82 Å². The summed E-state index contributed by atoms with van der Waals surface area (Å²) in [5.41, 5.74) is -1.50. The summed E-state index contributed by atoms with van der Waals surface area (Å²) in [7, 11) is 0. The summed E-state index contributed by atoms with van der Waals surface area (Å²) < 4.78 is 26.9. The highest BCUT2D eigenvalue weighted by Gasteiger charge is 2.32. The number of amides is 1. The van der Waals surface area contributed by atoms with Crippen molar-refractivity contribution in [3.63, 3.8) is 0 Å². The van der Waals surface area contributed by atoms with E-state index in [9.17, 15) is 23.7 Å². The third kappa shape index (κ3) is 2.86. The van der Waals surface area contributed by atoms with Crippen LogP contribution in [0.3, 0.4) is 0 Å². The molecule has 1 fully saturated rings. The molecule has 1 amide bonds. The summed E-state index contributed by atoms with van der Waals surface area (Å²) in [4.78, 5) is 21.0. The maximum Gasteiger partial charge on any atom is 0.307 e. The fourth-order valence-corrected chi connectivity index (χ4v) is 1.85. The van der Waals surface area contributed by atoms with Crippen molar-refractivity contribution in [1.82, 2.24) is 5.32 Å². The van der Waals surface area contributed by atoms with Crippen molar-refractivity contribution < 1.29 is 18.5 Å². The van der Waals surface area contributed by atoms with Gasteiger partial charge in [-0.2, -0.15) is 4.39 Å². The second-order valence-electron chi connectivity index (χ2n) is 4.72. The summed E-state index contributed by atoms with van der Waals surface area (Å²) in [6.07, 6.45) is 0.997. The molecule has 0 bridgehead atoms. The molecule has 2 unspecified atom stereocenters. The van der Waals surface area contributed by atoms with Gasteiger partial charge in [-0.25, -0.2) is 4.39 Å². The zero-order valence-corrected chi connectivity index (χ0v) is 10.2. The fourth-order valence-electron chi connectivity index (χ4n) is 1.85. The Morgan fingerprint density at radius 2 is 2.11 bits per heavy atom. The molecule has 1 aromatic carbocycles. The molecule has 1 aliphatic rings. The molecule has 5 nitrogen and oxygen atoms in total. The number of hydrogen-bond donors (Lipinski definition) is 1. The molecule has 2 rings (SSSR count). The zero-order valence-electron chi connectivity index (χ0n) is 10.2. The summed E-state index contributed by atoms with van der Waals surface area (Å²) in [5, 5.41) is 12.9. The Morgan fingerprint density at radius 1 is 1.47 bits per heavy atom. The Bertz CT molecular complexity index is 548. The van der Waals surface area contributed by atoms with Crippen LogP contribution in [-0.4, -0.2) is 17.4 Å². The maximum absolute atomic E-state index is 13.5. The second-order valence-corrected chi connectivity index (χ2v) is 4.72. The summed E-state index contributed by atoms with van der Waals surface area (Å²) >= 11 is 0. The molecule has 0 radical (unpaired) electrons. The van der Waals surface area contributed by atoms with Gasteiger partial charge in [0, 0.05) is 6.54 Å². The van der Waals surface area contributed by atoms with Gasteiger partial charge >= 0.3 is 5.69 Å². The number of nitrogens with one attached hydrogen (secondary N) is 1. The average Bonchev–Trinajstić information content (AvgIpc) is 3.04. The van der Waals surface area contributed by atoms with Gasteiger partial charge in [-0.15, -0.1) is 0 Å². The van der Waals surface area contributed by atoms with Gasteiger partial charge in [-0.1, -0.05) is 6.92 Å². The lowest BCUT2D eigenvalue weighted by atomic mass is 10.1. The molecule has 1 aromatic rings. The molecule has 0 aliphatic heterocycles. The summed E-state index contributed by atoms with van der Waals surface area (Å²) in [6, 6.07) is 0.975. The molecule has 2 atom stereocenters. The molecule has 0 spiro atoms. The van der Waals surface area contributed by atoms with Gasteiger partial charge < -0.3 is 5.32 Å². The number of carbonyl (C=O) groups excluding carboxylic acids is 1. The average molecular weight is 270 g/mol. The molecule has 0 saturated heterocycles. The number of hydrogen-bond acceptors (Lipinski definition) is 3. The largest absolute Gasteiger partial charge is 0.352 e. The monoisotopic (exact) mass is 270 g/mol. The Kier molecular flexibility index (Phi) is 3.46. The molecular formula is C12H12F2N2O3. The highest BCUT2D eigenvalue weighted by atomic mass is 19.1. The Hall–Kier alpha value is -2.05. The van der Waals surface area contributed by atoms with Gasteiger partial charge in [0.05, 0.1) is 16.6 Å². The molecule has 0 heterocycles. The van der Waals surface area contributed by atoms with Crippen LogP contribution >= 0.6 is 0 Å². The van der Waals surface area contributed by atoms with Crippen molar-refractivity contribution in [1.29, 1.82) is 0 Å². The van der Waals surface area contributed by atoms with Gasteiger partial charge in [-0.3, -0.25) is 14.9 Å². The summed E-state index contributed by atoms with van der Waals surface area (Å²) in [6.45, 7) is 2.43. The van der Waals surface area contributed by atoms with E-state index in [1.807, 2.05) is 6.92 Å². The number of benzene rings is 1. The van der Waals surface area contributed by atoms with Crippen molar-refractivity contribution >= 4 is 11.6 Å². The topological polar surface area (TPSA) is 72.2 Å². The molecule has 19 heavy (non-hydrogen) atoms. The lowest BCUT2D eigenvalue weighted by molar-refractivity contribution is -0.387. The highest BCUT2D eigenvalue weighted by molar-refractivity contribution is 5.94. The van der Waals surface area contributed by atoms with E-state index in [1.54, 1.807) is 0 Å². The van der Waals surface area contributed by atoms with Crippen molar-refractivity contribution in [2.24, 2.45) is 11.8 Å². The van der Waals surface area contributed by atoms with Crippen molar-refractivity contribution in [3.05, 3.63) is 39.4 Å². The minimum atomic E-state index is -1.23. The van der Waals surface area contributed by atoms with Crippen molar-refractivity contribution in [2.45, 2.75) is 13.3 Å². The van der Waals surface area contributed by atoms with Crippen LogP contribution in [0.1, 0.15) is 23.7 Å². The number of carbonyl (C=O) groups is 1. The van der Waals surface area contributed by atoms with E-state index in [0.717, 1.165) is 6.42 Å². The summed E-state index contributed by atoms with van der Waals surface area (Å²) in [5.74, 6) is -2.19. The minimum Gasteiger partial charge on any atom is -0.352 e. The quantitative estimate of drug-likeness (QED) is 0.673. The first-order chi connectivity index (χ1) is 8.90. The Balaban J connectivity index is 2.13. The zero-order chi connectivity index (χ0) is 14.2. The van der Waals surface area contributed by atoms with Crippen LogP contribution in [0.2, 0.25) is 0 Å². The van der Waals surface area contributed by atoms with Gasteiger partial charge in [0.25, 0.3) is 5.91 Å². The lowest BCUT2D eigenvalue weighted by Gasteiger charge is -2.06. The molecule has 0 aromatic heterocycles. The first kappa shape index (κ1) is 13.4. The maximum atomic E-state index is 13.5. The van der Waals surface area contributed by atoms with Crippen LogP contribution in [-0.2, 0) is 0 Å². The Labute approximate surface area is 107 Å². The van der Waals surface area contributed by atoms with E-state index in [1.165, 1.54) is 0 Å². The standard InChI is InChI=1S/C12H12F2N2O3/c1-6-2-7(6)5-15-12(17)8-3-10(14)11(16(18)19)4-9(8)13/h3-4,6-7H,2,5H2,1H3,(H,15,17). The van der Waals surface area contributed by atoms with Gasteiger partial charge in [0.1, 0.15) is 5.82 Å². The van der Waals surface area contributed by atoms with E-state index >= 15 is 0 Å². The number of rotatable bonds is 4. The second kappa shape index (κ2) is 4.91. The van der Waals surface area contributed by atoms with Crippen LogP contribution in [0.15, 0.2) is 12.1 Å². The van der Waals surface area contributed by atoms with E-state index in [4.69, 9.17) is 0 Å². The molecule has 1 N–H and O–H groups in total. The molecule has 1 saturated carbocycles. The van der Waals surface area contributed by atoms with E-state index < -0.39 is 33.7 Å². The number of nitro benzene ring substituents is 1. The third-order valence-electron chi connectivity index (χ3n) is 3.28.